The number of ether oxygens (including phenoxy) is 1. The number of aromatic nitrogens is 2. The Balaban J connectivity index is 1.53. The van der Waals surface area contributed by atoms with Gasteiger partial charge < -0.3 is 20.4 Å². The summed E-state index contributed by atoms with van der Waals surface area (Å²) in [5.41, 5.74) is 0.681. The maximum atomic E-state index is 12.1. The minimum absolute atomic E-state index is 0.0476. The van der Waals surface area contributed by atoms with Crippen molar-refractivity contribution in [2.24, 2.45) is 0 Å². The van der Waals surface area contributed by atoms with E-state index in [1.807, 2.05) is 0 Å². The summed E-state index contributed by atoms with van der Waals surface area (Å²) in [6, 6.07) is 8.53. The van der Waals surface area contributed by atoms with E-state index in [0.29, 0.717) is 22.3 Å². The van der Waals surface area contributed by atoms with E-state index in [1.54, 1.807) is 31.4 Å². The Bertz CT molecular complexity index is 878. The molecule has 8 nitrogen and oxygen atoms in total. The number of benzene rings is 1. The van der Waals surface area contributed by atoms with E-state index < -0.39 is 0 Å². The molecule has 2 aromatic rings. The number of H-pyrrole nitrogens is 1. The lowest BCUT2D eigenvalue weighted by Crippen LogP contribution is -2.28. The monoisotopic (exact) mass is 388 g/mol. The predicted molar refractivity (Wildman–Crippen MR) is 102 cm³/mol. The van der Waals surface area contributed by atoms with Crippen LogP contribution >= 0.6 is 11.8 Å². The number of nitrogens with one attached hydrogen (secondary N) is 3. The normalized spacial score (nSPS) is 13.1. The minimum atomic E-state index is -0.350. The molecule has 1 fully saturated rings. The van der Waals surface area contributed by atoms with Crippen molar-refractivity contribution in [2.75, 3.05) is 18.2 Å². The Morgan fingerprint density at radius 2 is 2.00 bits per heavy atom. The summed E-state index contributed by atoms with van der Waals surface area (Å²) in [7, 11) is 1.57. The fraction of sp³-hybridized carbons (Fsp3) is 0.333. The number of rotatable bonds is 8. The lowest BCUT2D eigenvalue weighted by molar-refractivity contribution is -0.120. The van der Waals surface area contributed by atoms with Gasteiger partial charge in [-0.05, 0) is 37.1 Å². The molecular weight excluding hydrogens is 368 g/mol. The van der Waals surface area contributed by atoms with E-state index >= 15 is 0 Å². The van der Waals surface area contributed by atoms with E-state index in [0.717, 1.165) is 24.6 Å². The van der Waals surface area contributed by atoms with Gasteiger partial charge in [-0.25, -0.2) is 4.98 Å². The minimum Gasteiger partial charge on any atom is -0.497 e. The quantitative estimate of drug-likeness (QED) is 0.464. The molecule has 0 unspecified atom stereocenters. The van der Waals surface area contributed by atoms with E-state index in [1.165, 1.54) is 6.07 Å². The second-order valence-electron chi connectivity index (χ2n) is 6.13. The maximum Gasteiger partial charge on any atom is 0.251 e. The van der Waals surface area contributed by atoms with E-state index in [4.69, 9.17) is 4.74 Å². The molecule has 0 saturated heterocycles. The molecule has 1 aliphatic rings. The van der Waals surface area contributed by atoms with Crippen molar-refractivity contribution in [1.82, 2.24) is 15.3 Å². The Morgan fingerprint density at radius 1 is 1.26 bits per heavy atom. The molecule has 1 aromatic heterocycles. The van der Waals surface area contributed by atoms with Gasteiger partial charge in [-0.3, -0.25) is 14.4 Å². The molecule has 1 aliphatic carbocycles. The van der Waals surface area contributed by atoms with Crippen molar-refractivity contribution in [2.45, 2.75) is 30.5 Å². The second-order valence-corrected chi connectivity index (χ2v) is 7.09. The molecule has 0 spiro atoms. The van der Waals surface area contributed by atoms with Gasteiger partial charge in [-0.1, -0.05) is 11.8 Å². The summed E-state index contributed by atoms with van der Waals surface area (Å²) in [5.74, 6) is 0.396. The number of carbonyl (C=O) groups excluding carboxylic acids is 2. The molecule has 0 radical (unpaired) electrons. The van der Waals surface area contributed by atoms with Crippen molar-refractivity contribution < 1.29 is 14.3 Å². The molecule has 9 heteroatoms. The van der Waals surface area contributed by atoms with Crippen LogP contribution in [-0.2, 0) is 16.0 Å². The third-order valence-electron chi connectivity index (χ3n) is 3.77. The van der Waals surface area contributed by atoms with Gasteiger partial charge in [0.15, 0.2) is 5.16 Å². The van der Waals surface area contributed by atoms with Gasteiger partial charge in [0.1, 0.15) is 5.75 Å². The summed E-state index contributed by atoms with van der Waals surface area (Å²) in [4.78, 5) is 42.5. The van der Waals surface area contributed by atoms with Crippen LogP contribution in [0.3, 0.4) is 0 Å². The van der Waals surface area contributed by atoms with Gasteiger partial charge in [-0.2, -0.15) is 0 Å². The van der Waals surface area contributed by atoms with Crippen molar-refractivity contribution in [3.8, 4) is 5.75 Å². The standard InChI is InChI=1S/C18H20N4O4S/c1-26-14-6-4-12(5-7-14)20-17(25)10-27-18-21-13(9-16(24)22-18)8-15(23)19-11-2-3-11/h4-7,9,11H,2-3,8,10H2,1H3,(H,19,23)(H,20,25)(H,21,22,24). The zero-order chi connectivity index (χ0) is 19.2. The third-order valence-corrected chi connectivity index (χ3v) is 4.64. The van der Waals surface area contributed by atoms with Crippen LogP contribution in [0.5, 0.6) is 5.75 Å². The number of hydrogen-bond acceptors (Lipinski definition) is 6. The predicted octanol–water partition coefficient (Wildman–Crippen LogP) is 1.33. The van der Waals surface area contributed by atoms with Crippen LogP contribution in [0.4, 0.5) is 5.69 Å². The van der Waals surface area contributed by atoms with Crippen LogP contribution < -0.4 is 20.9 Å². The highest BCUT2D eigenvalue weighted by Gasteiger charge is 2.23. The smallest absolute Gasteiger partial charge is 0.251 e. The third kappa shape index (κ3) is 6.14. The van der Waals surface area contributed by atoms with Gasteiger partial charge in [0.05, 0.1) is 25.0 Å². The van der Waals surface area contributed by atoms with Gasteiger partial charge in [0.25, 0.3) is 5.56 Å². The average Bonchev–Trinajstić information content (AvgIpc) is 3.44. The molecule has 0 aliphatic heterocycles. The van der Waals surface area contributed by atoms with Crippen LogP contribution in [0.2, 0.25) is 0 Å². The fourth-order valence-corrected chi connectivity index (χ4v) is 3.01. The molecule has 3 rings (SSSR count). The summed E-state index contributed by atoms with van der Waals surface area (Å²) >= 11 is 1.10. The first-order chi connectivity index (χ1) is 13.0. The number of thioether (sulfide) groups is 1. The van der Waals surface area contributed by atoms with Crippen LogP contribution in [0.1, 0.15) is 18.5 Å². The first-order valence-corrected chi connectivity index (χ1v) is 9.46. The van der Waals surface area contributed by atoms with Crippen molar-refractivity contribution in [1.29, 1.82) is 0 Å². The summed E-state index contributed by atoms with van der Waals surface area (Å²) < 4.78 is 5.07. The molecule has 1 heterocycles. The molecule has 3 N–H and O–H groups in total. The lowest BCUT2D eigenvalue weighted by atomic mass is 10.3. The van der Waals surface area contributed by atoms with Gasteiger partial charge in [-0.15, -0.1) is 0 Å². The first-order valence-electron chi connectivity index (χ1n) is 8.48. The summed E-state index contributed by atoms with van der Waals surface area (Å²) in [6.45, 7) is 0. The molecule has 0 bridgehead atoms. The summed E-state index contributed by atoms with van der Waals surface area (Å²) in [5, 5.41) is 5.92. The van der Waals surface area contributed by atoms with Crippen LogP contribution in [0.15, 0.2) is 40.3 Å². The zero-order valence-corrected chi connectivity index (χ0v) is 15.6. The number of anilines is 1. The largest absolute Gasteiger partial charge is 0.497 e. The first kappa shape index (κ1) is 19.0. The van der Waals surface area contributed by atoms with E-state index in [9.17, 15) is 14.4 Å². The van der Waals surface area contributed by atoms with E-state index in [2.05, 4.69) is 20.6 Å². The van der Waals surface area contributed by atoms with Gasteiger partial charge in [0, 0.05) is 17.8 Å². The summed E-state index contributed by atoms with van der Waals surface area (Å²) in [6.07, 6.45) is 2.05. The second kappa shape index (κ2) is 8.72. The SMILES string of the molecule is COc1ccc(NC(=O)CSc2nc(CC(=O)NC3CC3)cc(=O)[nH]2)cc1. The molecule has 2 amide bonds. The molecule has 27 heavy (non-hydrogen) atoms. The lowest BCUT2D eigenvalue weighted by Gasteiger charge is -2.07. The topological polar surface area (TPSA) is 113 Å². The number of hydrogen-bond donors (Lipinski definition) is 3. The molecular formula is C18H20N4O4S. The van der Waals surface area contributed by atoms with Crippen molar-refractivity contribution >= 4 is 29.3 Å². The molecule has 0 atom stereocenters. The molecule has 1 aromatic carbocycles. The molecule has 142 valence electrons. The molecule has 1 saturated carbocycles. The Morgan fingerprint density at radius 3 is 2.67 bits per heavy atom. The number of methoxy groups -OCH3 is 1. The Kier molecular flexibility index (Phi) is 6.12. The number of aromatic amines is 1. The van der Waals surface area contributed by atoms with Gasteiger partial charge in [0.2, 0.25) is 11.8 Å². The van der Waals surface area contributed by atoms with Crippen LogP contribution in [0.25, 0.3) is 0 Å². The average molecular weight is 388 g/mol. The highest BCUT2D eigenvalue weighted by Crippen LogP contribution is 2.19. The highest BCUT2D eigenvalue weighted by molar-refractivity contribution is 7.99. The number of carbonyl (C=O) groups is 2. The van der Waals surface area contributed by atoms with Crippen molar-refractivity contribution in [3.05, 3.63) is 46.4 Å². The van der Waals surface area contributed by atoms with E-state index in [-0.39, 0.29) is 35.6 Å². The van der Waals surface area contributed by atoms with Crippen molar-refractivity contribution in [3.63, 3.8) is 0 Å². The Labute approximate surface area is 160 Å². The zero-order valence-electron chi connectivity index (χ0n) is 14.8. The van der Waals surface area contributed by atoms with Gasteiger partial charge >= 0.3 is 0 Å². The fourth-order valence-electron chi connectivity index (χ4n) is 2.32. The van der Waals surface area contributed by atoms with Crippen LogP contribution in [0, 0.1) is 0 Å². The number of nitrogens with zero attached hydrogens (tertiary/aromatic N) is 1. The maximum absolute atomic E-state index is 12.1. The number of amides is 2. The Hall–Kier alpha value is -2.81. The highest BCUT2D eigenvalue weighted by atomic mass is 32.2. The van der Waals surface area contributed by atoms with Crippen LogP contribution in [-0.4, -0.2) is 40.7 Å².